The largest absolute Gasteiger partial charge is 0.456 e. The average Bonchev–Trinajstić information content (AvgIpc) is 3.45. The van der Waals surface area contributed by atoms with E-state index < -0.39 is 27.7 Å². The molecule has 0 spiro atoms. The number of nitrogens with one attached hydrogen (secondary N) is 2. The smallest absolute Gasteiger partial charge is 0.266 e. The van der Waals surface area contributed by atoms with Crippen LogP contribution in [0.25, 0.3) is 16.5 Å². The minimum atomic E-state index is -4.16. The van der Waals surface area contributed by atoms with Crippen molar-refractivity contribution >= 4 is 38.5 Å². The van der Waals surface area contributed by atoms with E-state index in [4.69, 9.17) is 8.97 Å². The number of carbonyl (C=O) groups is 2. The first-order chi connectivity index (χ1) is 21.8. The van der Waals surface area contributed by atoms with Gasteiger partial charge in [0.1, 0.15) is 11.3 Å². The molecule has 2 aliphatic carbocycles. The van der Waals surface area contributed by atoms with Gasteiger partial charge in [-0.3, -0.25) is 14.1 Å². The van der Waals surface area contributed by atoms with E-state index in [-0.39, 0.29) is 35.7 Å². The second-order valence-electron chi connectivity index (χ2n) is 13.2. The Morgan fingerprint density at radius 1 is 1.00 bits per heavy atom. The van der Waals surface area contributed by atoms with Crippen molar-refractivity contribution in [3.8, 4) is 0 Å². The van der Waals surface area contributed by atoms with Gasteiger partial charge in [-0.15, -0.1) is 0 Å². The number of benzene rings is 2. The highest BCUT2D eigenvalue weighted by atomic mass is 32.2. The molecule has 0 radical (unpaired) electrons. The summed E-state index contributed by atoms with van der Waals surface area (Å²) in [5.74, 6) is -0.740. The van der Waals surface area contributed by atoms with Crippen molar-refractivity contribution in [2.24, 2.45) is 11.8 Å². The summed E-state index contributed by atoms with van der Waals surface area (Å²) in [4.78, 5) is 26.6. The molecule has 8 nitrogen and oxygen atoms in total. The van der Waals surface area contributed by atoms with Crippen LogP contribution in [-0.2, 0) is 25.1 Å². The molecule has 2 amide bonds. The molecule has 2 aliphatic rings. The topological polar surface area (TPSA) is 126 Å². The molecule has 242 valence electrons. The van der Waals surface area contributed by atoms with Gasteiger partial charge in [-0.25, -0.2) is 0 Å². The fraction of sp³-hybridized carbons (Fsp3) is 0.351. The summed E-state index contributed by atoms with van der Waals surface area (Å²) < 4.78 is 36.9. The third-order valence-electron chi connectivity index (χ3n) is 8.80. The van der Waals surface area contributed by atoms with Crippen molar-refractivity contribution in [2.45, 2.75) is 57.9 Å². The lowest BCUT2D eigenvalue weighted by Gasteiger charge is -2.32. The highest BCUT2D eigenvalue weighted by molar-refractivity contribution is 7.85. The van der Waals surface area contributed by atoms with Crippen LogP contribution >= 0.6 is 0 Å². The van der Waals surface area contributed by atoms with Crippen LogP contribution in [0.3, 0.4) is 0 Å². The maximum Gasteiger partial charge on any atom is 0.266 e. The van der Waals surface area contributed by atoms with Crippen LogP contribution in [0, 0.1) is 11.8 Å². The molecule has 3 N–H and O–H groups in total. The first kappa shape index (κ1) is 33.2. The maximum absolute atomic E-state index is 14.1. The zero-order chi connectivity index (χ0) is 33.1. The third-order valence-corrected chi connectivity index (χ3v) is 9.52. The SMILES string of the molecule is CC(C1C=CC(C(=O)NCCS(=O)(=O)O)=CC1)C(C(=O)NC1C=CC(c2cc3ccccc3o2)=CC1)c1ccc(C(C)(C)C)cc1. The Morgan fingerprint density at radius 3 is 2.35 bits per heavy atom. The van der Waals surface area contributed by atoms with E-state index in [9.17, 15) is 18.0 Å². The van der Waals surface area contributed by atoms with E-state index in [1.807, 2.05) is 66.8 Å². The van der Waals surface area contributed by atoms with E-state index in [0.717, 1.165) is 27.9 Å². The monoisotopic (exact) mass is 642 g/mol. The Hall–Kier alpha value is -4.21. The molecular formula is C37H42N2O6S. The number of hydrogen-bond acceptors (Lipinski definition) is 5. The summed E-state index contributed by atoms with van der Waals surface area (Å²) in [6.07, 6.45) is 12.8. The molecule has 0 fully saturated rings. The summed E-state index contributed by atoms with van der Waals surface area (Å²) in [6, 6.07) is 18.1. The number of rotatable bonds is 10. The van der Waals surface area contributed by atoms with Crippen molar-refractivity contribution in [1.29, 1.82) is 0 Å². The number of amides is 2. The molecule has 3 aromatic rings. The van der Waals surface area contributed by atoms with Crippen LogP contribution in [-0.4, -0.2) is 43.1 Å². The molecule has 0 aliphatic heterocycles. The van der Waals surface area contributed by atoms with Gasteiger partial charge in [-0.1, -0.05) is 107 Å². The van der Waals surface area contributed by atoms with Gasteiger partial charge in [-0.2, -0.15) is 8.42 Å². The lowest BCUT2D eigenvalue weighted by atomic mass is 9.74. The Labute approximate surface area is 271 Å². The molecule has 9 heteroatoms. The second kappa shape index (κ2) is 13.6. The second-order valence-corrected chi connectivity index (χ2v) is 14.8. The quantitative estimate of drug-likeness (QED) is 0.217. The van der Waals surface area contributed by atoms with Gasteiger partial charge < -0.3 is 15.1 Å². The maximum atomic E-state index is 14.1. The fourth-order valence-corrected chi connectivity index (χ4v) is 6.39. The van der Waals surface area contributed by atoms with E-state index in [1.54, 1.807) is 6.08 Å². The molecule has 1 heterocycles. The summed E-state index contributed by atoms with van der Waals surface area (Å²) >= 11 is 0. The van der Waals surface area contributed by atoms with Crippen LogP contribution < -0.4 is 10.6 Å². The standard InChI is InChI=1S/C37H42N2O6S/c1-24(25-9-11-28(12-10-25)35(40)38-21-22-46(42,43)44)34(27-13-17-30(18-14-27)37(2,3)4)36(41)39-31-19-15-26(16-20-31)33-23-29-7-5-6-8-32(29)45-33/h5-9,11-19,23-25,31,34H,10,20-22H2,1-4H3,(H,38,40)(H,39,41)(H,42,43,44). The van der Waals surface area contributed by atoms with Crippen LogP contribution in [0.5, 0.6) is 0 Å². The molecule has 2 aromatic carbocycles. The lowest BCUT2D eigenvalue weighted by molar-refractivity contribution is -0.124. The van der Waals surface area contributed by atoms with E-state index >= 15 is 0 Å². The molecule has 0 saturated carbocycles. The molecule has 46 heavy (non-hydrogen) atoms. The van der Waals surface area contributed by atoms with Crippen molar-refractivity contribution in [3.05, 3.63) is 114 Å². The molecule has 0 bridgehead atoms. The predicted octanol–water partition coefficient (Wildman–Crippen LogP) is 6.48. The van der Waals surface area contributed by atoms with Crippen molar-refractivity contribution in [3.63, 3.8) is 0 Å². The molecule has 4 unspecified atom stereocenters. The first-order valence-electron chi connectivity index (χ1n) is 15.7. The number of fused-ring (bicyclic) bond motifs is 1. The summed E-state index contributed by atoms with van der Waals surface area (Å²) in [6.45, 7) is 8.37. The van der Waals surface area contributed by atoms with Crippen LogP contribution in [0.2, 0.25) is 0 Å². The number of para-hydroxylation sites is 1. The van der Waals surface area contributed by atoms with Gasteiger partial charge in [0, 0.05) is 23.1 Å². The molecular weight excluding hydrogens is 600 g/mol. The molecule has 1 aromatic heterocycles. The average molecular weight is 643 g/mol. The Kier molecular flexibility index (Phi) is 9.84. The Morgan fingerprint density at radius 2 is 1.74 bits per heavy atom. The van der Waals surface area contributed by atoms with Crippen molar-refractivity contribution in [2.75, 3.05) is 12.3 Å². The van der Waals surface area contributed by atoms with E-state index in [1.165, 1.54) is 5.56 Å². The zero-order valence-corrected chi connectivity index (χ0v) is 27.5. The van der Waals surface area contributed by atoms with Gasteiger partial charge in [0.05, 0.1) is 17.7 Å². The summed E-state index contributed by atoms with van der Waals surface area (Å²) in [5.41, 5.74) is 4.35. The van der Waals surface area contributed by atoms with Crippen LogP contribution in [0.15, 0.2) is 101 Å². The van der Waals surface area contributed by atoms with E-state index in [2.05, 4.69) is 56.5 Å². The summed E-state index contributed by atoms with van der Waals surface area (Å²) in [5, 5.41) is 6.84. The fourth-order valence-electron chi connectivity index (χ4n) is 6.03. The Balaban J connectivity index is 1.29. The van der Waals surface area contributed by atoms with Gasteiger partial charge in [0.25, 0.3) is 16.0 Å². The number of hydrogen-bond donors (Lipinski definition) is 3. The van der Waals surface area contributed by atoms with E-state index in [0.29, 0.717) is 18.4 Å². The predicted molar refractivity (Wildman–Crippen MR) is 182 cm³/mol. The highest BCUT2D eigenvalue weighted by Crippen LogP contribution is 2.37. The first-order valence-corrected chi connectivity index (χ1v) is 17.3. The van der Waals surface area contributed by atoms with Gasteiger partial charge in [0.2, 0.25) is 5.91 Å². The minimum absolute atomic E-state index is 0.00565. The summed E-state index contributed by atoms with van der Waals surface area (Å²) in [7, 11) is -4.16. The van der Waals surface area contributed by atoms with Gasteiger partial charge in [0.15, 0.2) is 0 Å². The normalized spacial score (nSPS) is 19.7. The third kappa shape index (κ3) is 8.13. The van der Waals surface area contributed by atoms with Crippen molar-refractivity contribution in [1.82, 2.24) is 10.6 Å². The van der Waals surface area contributed by atoms with Gasteiger partial charge in [-0.05, 0) is 53.4 Å². The number of carbonyl (C=O) groups excluding carboxylic acids is 2. The van der Waals surface area contributed by atoms with Crippen LogP contribution in [0.1, 0.15) is 63.3 Å². The molecule has 5 rings (SSSR count). The number of allylic oxidation sites excluding steroid dienone is 4. The molecule has 0 saturated heterocycles. The Bertz CT molecular complexity index is 1790. The highest BCUT2D eigenvalue weighted by Gasteiger charge is 2.33. The van der Waals surface area contributed by atoms with Gasteiger partial charge >= 0.3 is 0 Å². The number of furan rings is 1. The molecule has 4 atom stereocenters. The lowest BCUT2D eigenvalue weighted by Crippen LogP contribution is -2.40. The van der Waals surface area contributed by atoms with Crippen molar-refractivity contribution < 1.29 is 27.0 Å². The van der Waals surface area contributed by atoms with Crippen LogP contribution in [0.4, 0.5) is 0 Å². The zero-order valence-electron chi connectivity index (χ0n) is 26.7. The minimum Gasteiger partial charge on any atom is -0.456 e.